The summed E-state index contributed by atoms with van der Waals surface area (Å²) in [6, 6.07) is 0. The Kier molecular flexibility index (Phi) is 11.2. The average Bonchev–Trinajstić information content (AvgIpc) is 2.79. The molecule has 0 bridgehead atoms. The van der Waals surface area contributed by atoms with Crippen LogP contribution in [0.4, 0.5) is 0 Å². The number of hydrogen-bond donors (Lipinski definition) is 0. The Morgan fingerprint density at radius 3 is 2.42 bits per heavy atom. The molecule has 0 spiro atoms. The van der Waals surface area contributed by atoms with Gasteiger partial charge in [0.05, 0.1) is 19.8 Å². The van der Waals surface area contributed by atoms with E-state index in [-0.39, 0.29) is 12.5 Å². The van der Waals surface area contributed by atoms with Crippen LogP contribution in [-0.4, -0.2) is 92.0 Å². The molecule has 202 valence electrons. The first-order valence-electron chi connectivity index (χ1n) is 12.5. The van der Waals surface area contributed by atoms with Crippen molar-refractivity contribution >= 4 is 17.8 Å². The van der Waals surface area contributed by atoms with Gasteiger partial charge in [-0.3, -0.25) is 9.59 Å². The molecule has 9 heteroatoms. The third-order valence-corrected chi connectivity index (χ3v) is 5.81. The highest BCUT2D eigenvalue weighted by Gasteiger charge is 2.33. The second-order valence-corrected chi connectivity index (χ2v) is 10.2. The van der Waals surface area contributed by atoms with Crippen molar-refractivity contribution in [1.29, 1.82) is 0 Å². The summed E-state index contributed by atoms with van der Waals surface area (Å²) in [6.07, 6.45) is 5.69. The lowest BCUT2D eigenvalue weighted by Gasteiger charge is -2.29. The van der Waals surface area contributed by atoms with Crippen LogP contribution in [0.5, 0.6) is 0 Å². The molecule has 0 saturated carbocycles. The molecule has 0 aromatic rings. The van der Waals surface area contributed by atoms with Crippen molar-refractivity contribution < 1.29 is 33.3 Å². The van der Waals surface area contributed by atoms with Crippen LogP contribution in [0.1, 0.15) is 54.4 Å². The van der Waals surface area contributed by atoms with Gasteiger partial charge < -0.3 is 28.7 Å². The Labute approximate surface area is 215 Å². The van der Waals surface area contributed by atoms with Crippen LogP contribution in [0.15, 0.2) is 35.1 Å². The van der Waals surface area contributed by atoms with E-state index in [0.29, 0.717) is 39.3 Å². The third kappa shape index (κ3) is 9.78. The minimum Gasteiger partial charge on any atom is -0.457 e. The molecule has 9 nitrogen and oxygen atoms in total. The van der Waals surface area contributed by atoms with Crippen molar-refractivity contribution in [2.75, 3.05) is 46.5 Å². The summed E-state index contributed by atoms with van der Waals surface area (Å²) in [6.45, 7) is 13.4. The van der Waals surface area contributed by atoms with Crippen LogP contribution >= 0.6 is 0 Å². The van der Waals surface area contributed by atoms with Gasteiger partial charge in [0.2, 0.25) is 12.0 Å². The zero-order valence-corrected chi connectivity index (χ0v) is 22.8. The quantitative estimate of drug-likeness (QED) is 0.348. The number of carbonyl (C=O) groups excluding carboxylic acids is 3. The fourth-order valence-corrected chi connectivity index (χ4v) is 3.78. The van der Waals surface area contributed by atoms with E-state index in [4.69, 9.17) is 18.9 Å². The average molecular weight is 507 g/mol. The van der Waals surface area contributed by atoms with Gasteiger partial charge in [-0.05, 0) is 53.5 Å². The molecule has 1 aliphatic heterocycles. The maximum absolute atomic E-state index is 13.1. The van der Waals surface area contributed by atoms with Crippen LogP contribution in [0.25, 0.3) is 0 Å². The van der Waals surface area contributed by atoms with E-state index >= 15 is 0 Å². The van der Waals surface area contributed by atoms with Gasteiger partial charge in [0.15, 0.2) is 0 Å². The van der Waals surface area contributed by atoms with E-state index in [1.807, 2.05) is 22.9 Å². The minimum atomic E-state index is -1.15. The molecule has 2 rings (SSSR count). The number of allylic oxidation sites excluding steroid dienone is 4. The van der Waals surface area contributed by atoms with Gasteiger partial charge in [0, 0.05) is 44.9 Å². The van der Waals surface area contributed by atoms with Crippen LogP contribution in [-0.2, 0) is 33.3 Å². The first kappa shape index (κ1) is 29.6. The number of hydrogen-bond acceptors (Lipinski definition) is 8. The van der Waals surface area contributed by atoms with Gasteiger partial charge in [-0.2, -0.15) is 0 Å². The van der Waals surface area contributed by atoms with E-state index in [2.05, 4.69) is 19.1 Å². The fourth-order valence-electron chi connectivity index (χ4n) is 3.78. The highest BCUT2D eigenvalue weighted by atomic mass is 16.6. The molecule has 0 N–H and O–H groups in total. The lowest BCUT2D eigenvalue weighted by atomic mass is 10.0. The molecule has 1 amide bonds. The SMILES string of the molecule is CC(=O)O[C@@H](C(=O)OC(C)(C)C)C(C)OCCN(C)C1=C/CC(C)=CC/C(C(=O)N2CCOCC2)=C\1. The second-order valence-electron chi connectivity index (χ2n) is 10.2. The summed E-state index contributed by atoms with van der Waals surface area (Å²) in [5.74, 6) is -1.18. The Hall–Kier alpha value is -2.65. The lowest BCUT2D eigenvalue weighted by Crippen LogP contribution is -2.42. The third-order valence-electron chi connectivity index (χ3n) is 5.81. The normalized spacial score (nSPS) is 21.4. The zero-order chi connectivity index (χ0) is 26.9. The second kappa shape index (κ2) is 13.6. The first-order chi connectivity index (χ1) is 16.9. The predicted molar refractivity (Wildman–Crippen MR) is 136 cm³/mol. The summed E-state index contributed by atoms with van der Waals surface area (Å²) < 4.78 is 21.9. The van der Waals surface area contributed by atoms with E-state index < -0.39 is 29.7 Å². The number of ether oxygens (including phenoxy) is 4. The zero-order valence-electron chi connectivity index (χ0n) is 22.8. The topological polar surface area (TPSA) is 94.6 Å². The van der Waals surface area contributed by atoms with E-state index in [9.17, 15) is 14.4 Å². The molecule has 1 fully saturated rings. The van der Waals surface area contributed by atoms with Gasteiger partial charge in [-0.1, -0.05) is 17.7 Å². The van der Waals surface area contributed by atoms with Gasteiger partial charge in [0.25, 0.3) is 0 Å². The molecular formula is C27H42N2O7. The number of nitrogens with zero attached hydrogens (tertiary/aromatic N) is 2. The molecule has 0 aromatic carbocycles. The smallest absolute Gasteiger partial charge is 0.350 e. The van der Waals surface area contributed by atoms with E-state index in [0.717, 1.165) is 17.7 Å². The highest BCUT2D eigenvalue weighted by Crippen LogP contribution is 2.21. The van der Waals surface area contributed by atoms with Crippen molar-refractivity contribution in [2.45, 2.75) is 72.2 Å². The molecule has 1 saturated heterocycles. The number of morpholine rings is 1. The van der Waals surface area contributed by atoms with E-state index in [1.54, 1.807) is 27.7 Å². The van der Waals surface area contributed by atoms with Crippen molar-refractivity contribution in [3.8, 4) is 0 Å². The van der Waals surface area contributed by atoms with Gasteiger partial charge in [-0.15, -0.1) is 0 Å². The van der Waals surface area contributed by atoms with Gasteiger partial charge in [0.1, 0.15) is 11.7 Å². The summed E-state index contributed by atoms with van der Waals surface area (Å²) >= 11 is 0. The largest absolute Gasteiger partial charge is 0.457 e. The lowest BCUT2D eigenvalue weighted by molar-refractivity contribution is -0.184. The summed E-state index contributed by atoms with van der Waals surface area (Å²) in [7, 11) is 1.94. The number of likely N-dealkylation sites (N-methyl/N-ethyl adjacent to an activating group) is 1. The highest BCUT2D eigenvalue weighted by molar-refractivity contribution is 5.94. The number of amides is 1. The Morgan fingerprint density at radius 1 is 1.14 bits per heavy atom. The molecule has 0 radical (unpaired) electrons. The Balaban J connectivity index is 2.04. The van der Waals surface area contributed by atoms with E-state index in [1.165, 1.54) is 12.5 Å². The summed E-state index contributed by atoms with van der Waals surface area (Å²) in [4.78, 5) is 41.1. The standard InChI is InChI=1S/C27H42N2O7/c1-19-8-10-22(25(31)29-13-15-33-16-14-29)18-23(11-9-19)28(7)12-17-34-20(2)24(35-21(3)30)26(32)36-27(4,5)6/h8,11,18,20,24H,9-10,12-17H2,1-7H3/b19-8?,22-18+,23-11+/t20?,24-/m1/s1. The Bertz CT molecular complexity index is 879. The fraction of sp³-hybridized carbons (Fsp3) is 0.667. The van der Waals surface area contributed by atoms with Gasteiger partial charge >= 0.3 is 11.9 Å². The molecule has 2 aliphatic rings. The molecule has 0 aromatic heterocycles. The van der Waals surface area contributed by atoms with Crippen LogP contribution in [0.3, 0.4) is 0 Å². The van der Waals surface area contributed by atoms with Crippen molar-refractivity contribution in [1.82, 2.24) is 9.80 Å². The summed E-state index contributed by atoms with van der Waals surface area (Å²) in [5.41, 5.74) is 2.16. The molecule has 1 heterocycles. The monoisotopic (exact) mass is 506 g/mol. The van der Waals surface area contributed by atoms with Crippen molar-refractivity contribution in [3.63, 3.8) is 0 Å². The maximum atomic E-state index is 13.1. The first-order valence-corrected chi connectivity index (χ1v) is 12.5. The van der Waals surface area contributed by atoms with Gasteiger partial charge in [-0.25, -0.2) is 4.79 Å². The maximum Gasteiger partial charge on any atom is 0.350 e. The summed E-state index contributed by atoms with van der Waals surface area (Å²) in [5, 5.41) is 0. The van der Waals surface area contributed by atoms with Crippen LogP contribution in [0.2, 0.25) is 0 Å². The number of esters is 2. The number of rotatable bonds is 9. The van der Waals surface area contributed by atoms with Crippen LogP contribution < -0.4 is 0 Å². The van der Waals surface area contributed by atoms with Crippen molar-refractivity contribution in [2.24, 2.45) is 0 Å². The van der Waals surface area contributed by atoms with Crippen LogP contribution in [0, 0.1) is 0 Å². The molecule has 36 heavy (non-hydrogen) atoms. The van der Waals surface area contributed by atoms with Crippen molar-refractivity contribution in [3.05, 3.63) is 35.1 Å². The number of carbonyl (C=O) groups is 3. The molecule has 1 aliphatic carbocycles. The molecular weight excluding hydrogens is 464 g/mol. The molecule has 1 unspecified atom stereocenters. The minimum absolute atomic E-state index is 0.0370. The Morgan fingerprint density at radius 2 is 1.81 bits per heavy atom. The molecule has 2 atom stereocenters. The predicted octanol–water partition coefficient (Wildman–Crippen LogP) is 3.01.